The first kappa shape index (κ1) is 32.2. The first-order valence-electron chi connectivity index (χ1n) is 14.0. The maximum atomic E-state index is 15.0. The molecule has 0 aliphatic heterocycles. The lowest BCUT2D eigenvalue weighted by atomic mass is 9.82. The maximum Gasteiger partial charge on any atom is 0.131 e. The number of rotatable bonds is 16. The molecule has 0 aliphatic carbocycles. The summed E-state index contributed by atoms with van der Waals surface area (Å²) in [5.41, 5.74) is 9.79. The summed E-state index contributed by atoms with van der Waals surface area (Å²) < 4.78 is 31.4. The van der Waals surface area contributed by atoms with E-state index in [1.807, 2.05) is 36.5 Å². The Labute approximate surface area is 249 Å². The average Bonchev–Trinajstić information content (AvgIpc) is 3.33. The Kier molecular flexibility index (Phi) is 11.9. The molecule has 3 N–H and O–H groups in total. The molecule has 0 radical (unpaired) electrons. The van der Waals surface area contributed by atoms with E-state index in [9.17, 15) is 8.78 Å². The smallest absolute Gasteiger partial charge is 0.131 e. The first-order valence-corrected chi connectivity index (χ1v) is 15.2. The van der Waals surface area contributed by atoms with Crippen molar-refractivity contribution in [2.75, 3.05) is 24.6 Å². The van der Waals surface area contributed by atoms with Gasteiger partial charge in [-0.2, -0.15) is 11.8 Å². The monoisotopic (exact) mass is 578 g/mol. The van der Waals surface area contributed by atoms with Crippen LogP contribution in [0.4, 0.5) is 8.78 Å². The molecule has 0 amide bonds. The van der Waals surface area contributed by atoms with Crippen molar-refractivity contribution in [3.05, 3.63) is 121 Å². The normalized spacial score (nSPS) is 12.9. The number of nitrogens with one attached hydrogen (secondary N) is 1. The van der Waals surface area contributed by atoms with Crippen molar-refractivity contribution in [1.82, 2.24) is 14.8 Å². The molecule has 0 aliphatic rings. The molecule has 0 saturated carbocycles. The minimum atomic E-state index is -0.468. The van der Waals surface area contributed by atoms with Gasteiger partial charge in [-0.05, 0) is 54.4 Å². The van der Waals surface area contributed by atoms with Crippen LogP contribution in [0.15, 0.2) is 98.5 Å². The van der Waals surface area contributed by atoms with Gasteiger partial charge in [0.25, 0.3) is 0 Å². The number of benzene rings is 2. The highest BCUT2D eigenvalue weighted by Gasteiger charge is 2.35. The van der Waals surface area contributed by atoms with E-state index in [0.717, 1.165) is 47.5 Å². The summed E-state index contributed by atoms with van der Waals surface area (Å²) >= 11 is 1.78. The number of hydrogen-bond acceptors (Lipinski definition) is 4. The third-order valence-corrected chi connectivity index (χ3v) is 8.10. The topological polar surface area (TPSA) is 46.2 Å². The van der Waals surface area contributed by atoms with Crippen LogP contribution in [0.2, 0.25) is 0 Å². The van der Waals surface area contributed by atoms with Crippen molar-refractivity contribution in [2.45, 2.75) is 45.8 Å². The molecule has 1 heterocycles. The molecule has 220 valence electrons. The highest BCUT2D eigenvalue weighted by Crippen LogP contribution is 2.42. The minimum Gasteiger partial charge on any atom is -0.384 e. The number of nitrogens with two attached hydrogens (primary N) is 1. The van der Waals surface area contributed by atoms with Gasteiger partial charge in [0.2, 0.25) is 0 Å². The molecule has 1 aromatic heterocycles. The van der Waals surface area contributed by atoms with E-state index in [1.54, 1.807) is 18.0 Å². The Morgan fingerprint density at radius 2 is 1.85 bits per heavy atom. The quantitative estimate of drug-likeness (QED) is 0.171. The van der Waals surface area contributed by atoms with Crippen LogP contribution in [0.25, 0.3) is 11.1 Å². The predicted octanol–water partition coefficient (Wildman–Crippen LogP) is 7.75. The SMILES string of the molecule is C=CNC(C=C)CSCC(=C)N(CCCN)C(c1cc(-c2cc(F)ccc2F)cn1Cc1ccccc1)C(C)(C)C. The van der Waals surface area contributed by atoms with E-state index in [4.69, 9.17) is 5.73 Å². The van der Waals surface area contributed by atoms with Gasteiger partial charge in [0.15, 0.2) is 0 Å². The summed E-state index contributed by atoms with van der Waals surface area (Å²) in [5.74, 6) is 0.635. The largest absolute Gasteiger partial charge is 0.384 e. The van der Waals surface area contributed by atoms with Crippen molar-refractivity contribution in [1.29, 1.82) is 0 Å². The van der Waals surface area contributed by atoms with E-state index in [0.29, 0.717) is 18.7 Å². The van der Waals surface area contributed by atoms with Gasteiger partial charge in [-0.3, -0.25) is 0 Å². The van der Waals surface area contributed by atoms with Crippen LogP contribution in [0, 0.1) is 17.0 Å². The number of hydrogen-bond donors (Lipinski definition) is 2. The van der Waals surface area contributed by atoms with Crippen LogP contribution < -0.4 is 11.1 Å². The van der Waals surface area contributed by atoms with Crippen molar-refractivity contribution >= 4 is 11.8 Å². The fourth-order valence-electron chi connectivity index (χ4n) is 5.07. The molecule has 0 fully saturated rings. The van der Waals surface area contributed by atoms with E-state index in [2.05, 4.69) is 67.4 Å². The molecule has 2 aromatic carbocycles. The van der Waals surface area contributed by atoms with Crippen LogP contribution in [-0.2, 0) is 6.54 Å². The average molecular weight is 579 g/mol. The highest BCUT2D eigenvalue weighted by atomic mass is 32.2. The molecular weight excluding hydrogens is 534 g/mol. The Morgan fingerprint density at radius 1 is 1.12 bits per heavy atom. The second-order valence-electron chi connectivity index (χ2n) is 11.3. The minimum absolute atomic E-state index is 0.0993. The second-order valence-corrected chi connectivity index (χ2v) is 12.3. The third kappa shape index (κ3) is 8.85. The van der Waals surface area contributed by atoms with Crippen molar-refractivity contribution in [3.8, 4) is 11.1 Å². The molecule has 4 nitrogen and oxygen atoms in total. The second kappa shape index (κ2) is 15.1. The van der Waals surface area contributed by atoms with Crippen LogP contribution in [-0.4, -0.2) is 40.1 Å². The maximum absolute atomic E-state index is 15.0. The molecule has 7 heteroatoms. The summed E-state index contributed by atoms with van der Waals surface area (Å²) in [5, 5.41) is 3.20. The van der Waals surface area contributed by atoms with Gasteiger partial charge in [0, 0.05) is 53.3 Å². The van der Waals surface area contributed by atoms with Crippen LogP contribution >= 0.6 is 11.8 Å². The third-order valence-electron chi connectivity index (χ3n) is 6.97. The zero-order chi connectivity index (χ0) is 30.0. The van der Waals surface area contributed by atoms with E-state index >= 15 is 0 Å². The van der Waals surface area contributed by atoms with Crippen molar-refractivity contribution in [2.24, 2.45) is 11.1 Å². The van der Waals surface area contributed by atoms with E-state index < -0.39 is 11.6 Å². The lowest BCUT2D eigenvalue weighted by molar-refractivity contribution is 0.127. The van der Waals surface area contributed by atoms with Gasteiger partial charge in [0.1, 0.15) is 11.6 Å². The lowest BCUT2D eigenvalue weighted by Crippen LogP contribution is -2.39. The molecular formula is C34H44F2N4S. The van der Waals surface area contributed by atoms with Gasteiger partial charge < -0.3 is 20.5 Å². The Balaban J connectivity index is 2.08. The zero-order valence-electron chi connectivity index (χ0n) is 24.6. The van der Waals surface area contributed by atoms with Crippen LogP contribution in [0.1, 0.15) is 44.5 Å². The fourth-order valence-corrected chi connectivity index (χ4v) is 6.07. The fraction of sp³-hybridized carbons (Fsp3) is 0.353. The van der Waals surface area contributed by atoms with Gasteiger partial charge in [-0.15, -0.1) is 6.58 Å². The lowest BCUT2D eigenvalue weighted by Gasteiger charge is -2.43. The van der Waals surface area contributed by atoms with Gasteiger partial charge in [0.05, 0.1) is 12.1 Å². The van der Waals surface area contributed by atoms with E-state index in [-0.39, 0.29) is 23.1 Å². The number of nitrogens with zero attached hydrogens (tertiary/aromatic N) is 2. The standard InChI is InChI=1S/C34H44F2N4S/c1-7-29(38-8-2)24-41-23-25(3)40(18-12-17-37)33(34(4,5)6)32-19-27(30-20-28(35)15-16-31(30)36)22-39(32)21-26-13-10-9-11-14-26/h7-11,13-16,19-20,22,29,33,38H,1-3,12,17-18,21,23-24,37H2,4-6H3. The number of thioether (sulfide) groups is 1. The van der Waals surface area contributed by atoms with Crippen molar-refractivity contribution in [3.63, 3.8) is 0 Å². The Hall–Kier alpha value is -3.29. The summed E-state index contributed by atoms with van der Waals surface area (Å²) in [6.45, 7) is 20.7. The molecule has 0 bridgehead atoms. The van der Waals surface area contributed by atoms with Crippen molar-refractivity contribution < 1.29 is 8.78 Å². The molecule has 0 saturated heterocycles. The van der Waals surface area contributed by atoms with Crippen LogP contribution in [0.5, 0.6) is 0 Å². The highest BCUT2D eigenvalue weighted by molar-refractivity contribution is 7.99. The first-order chi connectivity index (χ1) is 19.6. The summed E-state index contributed by atoms with van der Waals surface area (Å²) in [6.07, 6.45) is 6.30. The molecule has 0 spiro atoms. The van der Waals surface area contributed by atoms with Gasteiger partial charge in [-0.1, -0.05) is 70.3 Å². The van der Waals surface area contributed by atoms with Gasteiger partial charge in [-0.25, -0.2) is 8.78 Å². The summed E-state index contributed by atoms with van der Waals surface area (Å²) in [7, 11) is 0. The van der Waals surface area contributed by atoms with Crippen LogP contribution in [0.3, 0.4) is 0 Å². The molecule has 2 unspecified atom stereocenters. The molecule has 2 atom stereocenters. The Bertz CT molecular complexity index is 1300. The molecule has 3 aromatic rings. The van der Waals surface area contributed by atoms with E-state index in [1.165, 1.54) is 12.1 Å². The predicted molar refractivity (Wildman–Crippen MR) is 172 cm³/mol. The number of halogens is 2. The zero-order valence-corrected chi connectivity index (χ0v) is 25.4. The Morgan fingerprint density at radius 3 is 2.49 bits per heavy atom. The summed E-state index contributed by atoms with van der Waals surface area (Å²) in [6, 6.07) is 15.8. The number of aromatic nitrogens is 1. The molecule has 3 rings (SSSR count). The van der Waals surface area contributed by atoms with Gasteiger partial charge >= 0.3 is 0 Å². The molecule has 41 heavy (non-hydrogen) atoms. The summed E-state index contributed by atoms with van der Waals surface area (Å²) in [4.78, 5) is 2.35.